The molecule has 0 unspecified atom stereocenters. The number of nitrogens with two attached hydrogens (primary N) is 2. The average molecular weight is 404 g/mol. The summed E-state index contributed by atoms with van der Waals surface area (Å²) in [5, 5.41) is 12.0. The number of nitrogen functional groups attached to an aromatic ring is 1. The molecule has 1 fully saturated rings. The molecule has 3 aromatic rings. The smallest absolute Gasteiger partial charge is 0.268 e. The van der Waals surface area contributed by atoms with Crippen LogP contribution in [0.5, 0.6) is 0 Å². The highest BCUT2D eigenvalue weighted by molar-refractivity contribution is 6.02. The maximum atomic E-state index is 13.2. The van der Waals surface area contributed by atoms with Gasteiger partial charge in [-0.1, -0.05) is 42.5 Å². The van der Waals surface area contributed by atoms with E-state index in [1.54, 1.807) is 0 Å². The van der Waals surface area contributed by atoms with Crippen molar-refractivity contribution in [3.05, 3.63) is 71.4 Å². The Kier molecular flexibility index (Phi) is 5.86. The third-order valence-electron chi connectivity index (χ3n) is 6.02. The Morgan fingerprint density at radius 2 is 1.80 bits per heavy atom. The molecule has 1 aromatic heterocycles. The number of aromatic nitrogens is 1. The lowest BCUT2D eigenvalue weighted by molar-refractivity contribution is 0.0917. The van der Waals surface area contributed by atoms with Crippen molar-refractivity contribution in [2.45, 2.75) is 50.7 Å². The number of rotatable bonds is 6. The summed E-state index contributed by atoms with van der Waals surface area (Å²) in [7, 11) is 0. The SMILES string of the molecule is N=C(N)c1ccc2cc(C(=O)NC3CCC(N)CC3)n(CCc3ccccc3)c2c1. The van der Waals surface area contributed by atoms with Crippen LogP contribution in [0.4, 0.5) is 0 Å². The minimum Gasteiger partial charge on any atom is -0.384 e. The van der Waals surface area contributed by atoms with Gasteiger partial charge in [0.2, 0.25) is 0 Å². The number of carbonyl (C=O) groups is 1. The van der Waals surface area contributed by atoms with Crippen LogP contribution in [0.25, 0.3) is 10.9 Å². The van der Waals surface area contributed by atoms with Crippen molar-refractivity contribution in [2.24, 2.45) is 11.5 Å². The second-order valence-corrected chi connectivity index (χ2v) is 8.19. The normalized spacial score (nSPS) is 19.0. The Bertz CT molecular complexity index is 1050. The Labute approximate surface area is 176 Å². The van der Waals surface area contributed by atoms with Gasteiger partial charge >= 0.3 is 0 Å². The molecule has 1 aliphatic rings. The summed E-state index contributed by atoms with van der Waals surface area (Å²) in [4.78, 5) is 13.2. The monoisotopic (exact) mass is 403 g/mol. The van der Waals surface area contributed by atoms with Gasteiger partial charge in [0.15, 0.2) is 0 Å². The molecule has 0 spiro atoms. The number of carbonyl (C=O) groups excluding carboxylic acids is 1. The summed E-state index contributed by atoms with van der Waals surface area (Å²) in [5.41, 5.74) is 15.2. The van der Waals surface area contributed by atoms with Crippen molar-refractivity contribution in [1.29, 1.82) is 5.41 Å². The molecule has 0 atom stereocenters. The zero-order valence-corrected chi connectivity index (χ0v) is 17.1. The van der Waals surface area contributed by atoms with Crippen LogP contribution in [0.1, 0.15) is 47.3 Å². The predicted octanol–water partition coefficient (Wildman–Crippen LogP) is 3.17. The maximum absolute atomic E-state index is 13.2. The number of amidine groups is 1. The molecule has 4 rings (SSSR count). The van der Waals surface area contributed by atoms with Gasteiger partial charge in [-0.05, 0) is 49.8 Å². The number of amides is 1. The minimum absolute atomic E-state index is 0.0252. The Hall–Kier alpha value is -3.12. The summed E-state index contributed by atoms with van der Waals surface area (Å²) in [5.74, 6) is -0.0265. The summed E-state index contributed by atoms with van der Waals surface area (Å²) in [6.07, 6.45) is 4.55. The van der Waals surface area contributed by atoms with E-state index in [4.69, 9.17) is 16.9 Å². The molecule has 2 aromatic carbocycles. The first-order chi connectivity index (χ1) is 14.5. The Morgan fingerprint density at radius 3 is 2.50 bits per heavy atom. The molecule has 0 bridgehead atoms. The number of hydrogen-bond acceptors (Lipinski definition) is 3. The highest BCUT2D eigenvalue weighted by Gasteiger charge is 2.23. The van der Waals surface area contributed by atoms with Crippen LogP contribution >= 0.6 is 0 Å². The predicted molar refractivity (Wildman–Crippen MR) is 121 cm³/mol. The van der Waals surface area contributed by atoms with Gasteiger partial charge in [-0.15, -0.1) is 0 Å². The van der Waals surface area contributed by atoms with Gasteiger partial charge in [0.05, 0.1) is 0 Å². The highest BCUT2D eigenvalue weighted by Crippen LogP contribution is 2.24. The first-order valence-corrected chi connectivity index (χ1v) is 10.6. The molecule has 6 N–H and O–H groups in total. The van der Waals surface area contributed by atoms with Crippen LogP contribution in [0.15, 0.2) is 54.6 Å². The minimum atomic E-state index is -0.0518. The second kappa shape index (κ2) is 8.71. The fraction of sp³-hybridized carbons (Fsp3) is 0.333. The van der Waals surface area contributed by atoms with Gasteiger partial charge in [-0.2, -0.15) is 0 Å². The molecule has 156 valence electrons. The molecule has 1 aliphatic carbocycles. The number of nitrogens with zero attached hydrogens (tertiary/aromatic N) is 1. The molecule has 0 radical (unpaired) electrons. The second-order valence-electron chi connectivity index (χ2n) is 8.19. The number of hydrogen-bond donors (Lipinski definition) is 4. The van der Waals surface area contributed by atoms with Crippen LogP contribution < -0.4 is 16.8 Å². The van der Waals surface area contributed by atoms with Crippen LogP contribution in [0, 0.1) is 5.41 Å². The van der Waals surface area contributed by atoms with Crippen molar-refractivity contribution in [3.63, 3.8) is 0 Å². The molecular formula is C24H29N5O. The van der Waals surface area contributed by atoms with Crippen molar-refractivity contribution >= 4 is 22.6 Å². The van der Waals surface area contributed by atoms with E-state index in [0.29, 0.717) is 17.8 Å². The van der Waals surface area contributed by atoms with E-state index in [1.807, 2.05) is 42.5 Å². The molecule has 6 heteroatoms. The quantitative estimate of drug-likeness (QED) is 0.375. The van der Waals surface area contributed by atoms with E-state index in [9.17, 15) is 4.79 Å². The van der Waals surface area contributed by atoms with Gasteiger partial charge in [0.25, 0.3) is 5.91 Å². The summed E-state index contributed by atoms with van der Waals surface area (Å²) < 4.78 is 2.05. The average Bonchev–Trinajstić information content (AvgIpc) is 3.12. The van der Waals surface area contributed by atoms with Crippen LogP contribution in [-0.4, -0.2) is 28.4 Å². The van der Waals surface area contributed by atoms with Gasteiger partial charge in [0.1, 0.15) is 11.5 Å². The number of benzene rings is 2. The first-order valence-electron chi connectivity index (χ1n) is 10.6. The molecular weight excluding hydrogens is 374 g/mol. The van der Waals surface area contributed by atoms with Crippen LogP contribution in [0.3, 0.4) is 0 Å². The highest BCUT2D eigenvalue weighted by atomic mass is 16.2. The van der Waals surface area contributed by atoms with E-state index in [0.717, 1.165) is 43.0 Å². The third-order valence-corrected chi connectivity index (χ3v) is 6.02. The van der Waals surface area contributed by atoms with Gasteiger partial charge in [0, 0.05) is 35.1 Å². The van der Waals surface area contributed by atoms with Crippen LogP contribution in [-0.2, 0) is 13.0 Å². The van der Waals surface area contributed by atoms with Crippen molar-refractivity contribution in [1.82, 2.24) is 9.88 Å². The number of nitrogens with one attached hydrogen (secondary N) is 2. The van der Waals surface area contributed by atoms with Gasteiger partial charge in [-0.3, -0.25) is 10.2 Å². The summed E-state index contributed by atoms with van der Waals surface area (Å²) >= 11 is 0. The van der Waals surface area contributed by atoms with E-state index < -0.39 is 0 Å². The topological polar surface area (TPSA) is 110 Å². The molecule has 1 saturated carbocycles. The van der Waals surface area contributed by atoms with E-state index in [1.165, 1.54) is 5.56 Å². The molecule has 1 amide bonds. The molecule has 6 nitrogen and oxygen atoms in total. The number of aryl methyl sites for hydroxylation is 2. The lowest BCUT2D eigenvalue weighted by Gasteiger charge is -2.27. The molecule has 0 aliphatic heterocycles. The zero-order valence-electron chi connectivity index (χ0n) is 17.1. The largest absolute Gasteiger partial charge is 0.384 e. The zero-order chi connectivity index (χ0) is 21.1. The van der Waals surface area contributed by atoms with Gasteiger partial charge < -0.3 is 21.4 Å². The Morgan fingerprint density at radius 1 is 1.07 bits per heavy atom. The molecule has 0 saturated heterocycles. The standard InChI is InChI=1S/C24H29N5O/c25-19-8-10-20(11-9-19)28-24(30)22-14-17-6-7-18(23(26)27)15-21(17)29(22)13-12-16-4-2-1-3-5-16/h1-7,14-15,19-20H,8-13,25H2,(H3,26,27)(H,28,30). The fourth-order valence-electron chi connectivity index (χ4n) is 4.26. The van der Waals surface area contributed by atoms with Crippen molar-refractivity contribution in [3.8, 4) is 0 Å². The van der Waals surface area contributed by atoms with Crippen molar-refractivity contribution < 1.29 is 4.79 Å². The lowest BCUT2D eigenvalue weighted by Crippen LogP contribution is -2.41. The van der Waals surface area contributed by atoms with E-state index in [-0.39, 0.29) is 23.8 Å². The lowest BCUT2D eigenvalue weighted by atomic mass is 9.92. The summed E-state index contributed by atoms with van der Waals surface area (Å²) in [6, 6.07) is 18.3. The summed E-state index contributed by atoms with van der Waals surface area (Å²) in [6.45, 7) is 0.674. The first kappa shape index (κ1) is 20.2. The molecule has 1 heterocycles. The Balaban J connectivity index is 1.64. The third kappa shape index (κ3) is 4.39. The maximum Gasteiger partial charge on any atom is 0.268 e. The van der Waals surface area contributed by atoms with Crippen molar-refractivity contribution in [2.75, 3.05) is 0 Å². The van der Waals surface area contributed by atoms with E-state index in [2.05, 4.69) is 22.0 Å². The number of fused-ring (bicyclic) bond motifs is 1. The van der Waals surface area contributed by atoms with Crippen LogP contribution in [0.2, 0.25) is 0 Å². The van der Waals surface area contributed by atoms with E-state index >= 15 is 0 Å². The fourth-order valence-corrected chi connectivity index (χ4v) is 4.26. The molecule has 30 heavy (non-hydrogen) atoms. The van der Waals surface area contributed by atoms with Gasteiger partial charge in [-0.25, -0.2) is 0 Å².